The van der Waals surface area contributed by atoms with Gasteiger partial charge in [0.1, 0.15) is 0 Å². The molecule has 2 saturated heterocycles. The zero-order chi connectivity index (χ0) is 12.1. The Morgan fingerprint density at radius 2 is 2.24 bits per heavy atom. The summed E-state index contributed by atoms with van der Waals surface area (Å²) in [7, 11) is -0.878. The molecule has 0 saturated carbocycles. The van der Waals surface area contributed by atoms with Crippen LogP contribution in [-0.4, -0.2) is 60.5 Å². The molecule has 2 fully saturated rings. The van der Waals surface area contributed by atoms with Gasteiger partial charge < -0.3 is 15.4 Å². The van der Waals surface area contributed by atoms with E-state index in [0.717, 1.165) is 45.2 Å². The van der Waals surface area contributed by atoms with Gasteiger partial charge in [0, 0.05) is 31.6 Å². The van der Waals surface area contributed by atoms with Crippen LogP contribution in [0, 0.1) is 0 Å². The molecule has 2 aliphatic rings. The maximum absolute atomic E-state index is 8.86. The fourth-order valence-electron chi connectivity index (χ4n) is 2.92. The van der Waals surface area contributed by atoms with Crippen LogP contribution < -0.4 is 10.6 Å². The highest BCUT2D eigenvalue weighted by molar-refractivity contribution is 6.40. The van der Waals surface area contributed by atoms with E-state index in [1.807, 2.05) is 0 Å². The predicted octanol–water partition coefficient (Wildman–Crippen LogP) is -1.04. The molecular weight excluding hydrogens is 217 g/mol. The number of nitrogens with one attached hydrogen (secondary N) is 2. The molecule has 0 aromatic heterocycles. The number of piperidine rings is 1. The van der Waals surface area contributed by atoms with Gasteiger partial charge in [-0.2, -0.15) is 0 Å². The van der Waals surface area contributed by atoms with E-state index in [1.54, 1.807) is 0 Å². The Kier molecular flexibility index (Phi) is 5.25. The fourth-order valence-corrected chi connectivity index (χ4v) is 2.92. The SMILES string of the molecule is OB([OH2+])CCCCCN1CNC2CNCCC21. The number of fused-ring (bicyclic) bond motifs is 1. The molecule has 0 spiro atoms. The third-order valence-electron chi connectivity index (χ3n) is 3.89. The smallest absolute Gasteiger partial charge is 0.527 e. The van der Waals surface area contributed by atoms with Crippen LogP contribution in [0.1, 0.15) is 25.7 Å². The second kappa shape index (κ2) is 6.71. The minimum atomic E-state index is -0.878. The van der Waals surface area contributed by atoms with E-state index >= 15 is 0 Å². The largest absolute Gasteiger partial charge is 0.690 e. The fraction of sp³-hybridized carbons (Fsp3) is 1.00. The quantitative estimate of drug-likeness (QED) is 0.316. The topological polar surface area (TPSA) is 70.4 Å². The molecule has 98 valence electrons. The Morgan fingerprint density at radius 1 is 1.35 bits per heavy atom. The standard InChI is InChI=1S/C11H24BN3O2/c16-12(17)5-2-1-3-7-15-9-14-10-8-13-6-4-11(10)15/h10-11,13-14,16-17H,1-9H2/p+1. The predicted molar refractivity (Wildman–Crippen MR) is 70.0 cm³/mol. The van der Waals surface area contributed by atoms with Gasteiger partial charge in [-0.25, -0.2) is 0 Å². The lowest BCUT2D eigenvalue weighted by molar-refractivity contribution is 0.210. The molecule has 0 aromatic rings. The number of rotatable bonds is 6. The lowest BCUT2D eigenvalue weighted by Gasteiger charge is -2.31. The van der Waals surface area contributed by atoms with Crippen molar-refractivity contribution in [2.75, 3.05) is 26.3 Å². The van der Waals surface area contributed by atoms with E-state index in [0.29, 0.717) is 12.4 Å². The summed E-state index contributed by atoms with van der Waals surface area (Å²) in [6, 6.07) is 1.36. The van der Waals surface area contributed by atoms with Crippen molar-refractivity contribution in [2.24, 2.45) is 0 Å². The van der Waals surface area contributed by atoms with Crippen molar-refractivity contribution in [1.82, 2.24) is 15.5 Å². The molecule has 5 N–H and O–H groups in total. The van der Waals surface area contributed by atoms with E-state index in [1.165, 1.54) is 12.8 Å². The van der Waals surface area contributed by atoms with Crippen LogP contribution in [0.5, 0.6) is 0 Å². The van der Waals surface area contributed by atoms with Gasteiger partial charge in [-0.1, -0.05) is 6.42 Å². The summed E-state index contributed by atoms with van der Waals surface area (Å²) in [4.78, 5) is 2.56. The second-order valence-corrected chi connectivity index (χ2v) is 5.21. The molecular formula is C11H25BN3O2+. The Labute approximate surface area is 104 Å². The van der Waals surface area contributed by atoms with Crippen molar-refractivity contribution in [2.45, 2.75) is 44.1 Å². The molecule has 2 atom stereocenters. The third kappa shape index (κ3) is 3.93. The number of hydrogen-bond donors (Lipinski definition) is 3. The van der Waals surface area contributed by atoms with Crippen LogP contribution in [0.3, 0.4) is 0 Å². The van der Waals surface area contributed by atoms with Crippen molar-refractivity contribution in [3.63, 3.8) is 0 Å². The van der Waals surface area contributed by atoms with Crippen molar-refractivity contribution >= 4 is 7.12 Å². The van der Waals surface area contributed by atoms with Gasteiger partial charge in [0.15, 0.2) is 0 Å². The van der Waals surface area contributed by atoms with Crippen LogP contribution >= 0.6 is 0 Å². The van der Waals surface area contributed by atoms with Gasteiger partial charge in [0.25, 0.3) is 0 Å². The van der Waals surface area contributed by atoms with Gasteiger partial charge in [-0.05, 0) is 32.4 Å². The maximum Gasteiger partial charge on any atom is 0.690 e. The Morgan fingerprint density at radius 3 is 3.06 bits per heavy atom. The summed E-state index contributed by atoms with van der Waals surface area (Å²) in [6.45, 7) is 4.43. The summed E-state index contributed by atoms with van der Waals surface area (Å²) in [5, 5.41) is 22.9. The zero-order valence-corrected chi connectivity index (χ0v) is 10.5. The van der Waals surface area contributed by atoms with Crippen molar-refractivity contribution in [3.05, 3.63) is 0 Å². The lowest BCUT2D eigenvalue weighted by atomic mass is 9.83. The van der Waals surface area contributed by atoms with Crippen molar-refractivity contribution < 1.29 is 10.0 Å². The van der Waals surface area contributed by atoms with E-state index in [-0.39, 0.29) is 0 Å². The first-order valence-corrected chi connectivity index (χ1v) is 6.84. The van der Waals surface area contributed by atoms with Gasteiger partial charge >= 0.3 is 7.12 Å². The highest BCUT2D eigenvalue weighted by Crippen LogP contribution is 2.18. The van der Waals surface area contributed by atoms with Crippen LogP contribution in [0.2, 0.25) is 6.32 Å². The van der Waals surface area contributed by atoms with Crippen LogP contribution in [-0.2, 0) is 0 Å². The molecule has 0 aromatic carbocycles. The number of nitrogens with zero attached hydrogens (tertiary/aromatic N) is 1. The van der Waals surface area contributed by atoms with E-state index in [2.05, 4.69) is 15.5 Å². The summed E-state index contributed by atoms with van der Waals surface area (Å²) < 4.78 is 0. The Hall–Kier alpha value is -0.135. The summed E-state index contributed by atoms with van der Waals surface area (Å²) in [5.74, 6) is 0. The molecule has 0 aliphatic carbocycles. The molecule has 2 aliphatic heterocycles. The van der Waals surface area contributed by atoms with Gasteiger partial charge in [0.2, 0.25) is 0 Å². The average Bonchev–Trinajstić information content (AvgIpc) is 2.72. The lowest BCUT2D eigenvalue weighted by Crippen LogP contribution is -2.49. The molecule has 2 rings (SSSR count). The Balaban J connectivity index is 1.59. The minimum absolute atomic E-state index is 0.619. The van der Waals surface area contributed by atoms with E-state index in [9.17, 15) is 0 Å². The molecule has 2 unspecified atom stereocenters. The number of unbranched alkanes of at least 4 members (excludes halogenated alkanes) is 2. The number of hydrogen-bond acceptors (Lipinski definition) is 4. The monoisotopic (exact) mass is 242 g/mol. The molecule has 6 heteroatoms. The molecule has 0 bridgehead atoms. The molecule has 17 heavy (non-hydrogen) atoms. The molecule has 5 nitrogen and oxygen atoms in total. The van der Waals surface area contributed by atoms with E-state index < -0.39 is 7.12 Å². The first kappa shape index (κ1) is 13.3. The highest BCUT2D eigenvalue weighted by Gasteiger charge is 2.34. The molecule has 0 radical (unpaired) electrons. The summed E-state index contributed by atoms with van der Waals surface area (Å²) in [6.07, 6.45) is 5.16. The Bertz CT molecular complexity index is 231. The van der Waals surface area contributed by atoms with E-state index in [4.69, 9.17) is 10.0 Å². The maximum atomic E-state index is 8.86. The van der Waals surface area contributed by atoms with Gasteiger partial charge in [-0.15, -0.1) is 0 Å². The normalized spacial score (nSPS) is 29.3. The molecule has 0 amide bonds. The first-order chi connectivity index (χ1) is 8.27. The van der Waals surface area contributed by atoms with Crippen LogP contribution in [0.15, 0.2) is 0 Å². The van der Waals surface area contributed by atoms with Crippen molar-refractivity contribution in [1.29, 1.82) is 0 Å². The highest BCUT2D eigenvalue weighted by atomic mass is 16.4. The van der Waals surface area contributed by atoms with Crippen LogP contribution in [0.4, 0.5) is 0 Å². The minimum Gasteiger partial charge on any atom is -0.527 e. The summed E-state index contributed by atoms with van der Waals surface area (Å²) >= 11 is 0. The second-order valence-electron chi connectivity index (χ2n) is 5.21. The molecule has 2 heterocycles. The first-order valence-electron chi connectivity index (χ1n) is 6.84. The van der Waals surface area contributed by atoms with Gasteiger partial charge in [0.05, 0.1) is 0 Å². The average molecular weight is 242 g/mol. The zero-order valence-electron chi connectivity index (χ0n) is 10.5. The van der Waals surface area contributed by atoms with Crippen molar-refractivity contribution in [3.8, 4) is 0 Å². The third-order valence-corrected chi connectivity index (χ3v) is 3.89. The summed E-state index contributed by atoms with van der Waals surface area (Å²) in [5.41, 5.74) is 0. The van der Waals surface area contributed by atoms with Gasteiger partial charge in [-0.3, -0.25) is 10.2 Å². The van der Waals surface area contributed by atoms with Crippen LogP contribution in [0.25, 0.3) is 0 Å².